The Morgan fingerprint density at radius 1 is 1.17 bits per heavy atom. The second-order valence-corrected chi connectivity index (χ2v) is 6.98. The molecule has 3 rings (SSSR count). The van der Waals surface area contributed by atoms with E-state index in [1.807, 2.05) is 6.92 Å². The third kappa shape index (κ3) is 2.67. The number of fused-ring (bicyclic) bond motifs is 2. The van der Waals surface area contributed by atoms with Gasteiger partial charge in [-0.1, -0.05) is 13.3 Å². The Labute approximate surface area is 138 Å². The van der Waals surface area contributed by atoms with E-state index in [0.717, 1.165) is 12.8 Å². The van der Waals surface area contributed by atoms with E-state index in [0.29, 0.717) is 11.9 Å². The van der Waals surface area contributed by atoms with Gasteiger partial charge >= 0.3 is 5.63 Å². The topological polar surface area (TPSA) is 98.8 Å². The number of ether oxygens (including phenoxy) is 1. The summed E-state index contributed by atoms with van der Waals surface area (Å²) in [4.78, 5) is 11.6. The van der Waals surface area contributed by atoms with Gasteiger partial charge in [-0.15, -0.1) is 0 Å². The lowest BCUT2D eigenvalue weighted by atomic mass is 10.1. The van der Waals surface area contributed by atoms with Gasteiger partial charge in [-0.05, 0) is 18.6 Å². The monoisotopic (exact) mass is 351 g/mol. The Morgan fingerprint density at radius 3 is 2.62 bits per heavy atom. The minimum atomic E-state index is -3.82. The summed E-state index contributed by atoms with van der Waals surface area (Å²) in [6.07, 6.45) is 2.95. The minimum absolute atomic E-state index is 0.0157. The summed E-state index contributed by atoms with van der Waals surface area (Å²) in [5, 5.41) is 0.640. The van der Waals surface area contributed by atoms with Crippen LogP contribution in [0.1, 0.15) is 19.8 Å². The Balaban J connectivity index is 2.37. The molecule has 0 atom stereocenters. The van der Waals surface area contributed by atoms with Gasteiger partial charge in [0.1, 0.15) is 4.90 Å². The number of hydrogen-bond donors (Lipinski definition) is 1. The normalized spacial score (nSPS) is 12.1. The van der Waals surface area contributed by atoms with E-state index in [2.05, 4.69) is 4.72 Å². The summed E-state index contributed by atoms with van der Waals surface area (Å²) in [7, 11) is -2.42. The maximum atomic E-state index is 12.8. The average Bonchev–Trinajstić information content (AvgIpc) is 3.01. The fraction of sp³-hybridized carbons (Fsp3) is 0.312. The molecule has 1 N–H and O–H groups in total. The number of benzene rings is 1. The molecule has 3 aromatic rings. The number of nitrogens with one attached hydrogen (secondary N) is 1. The number of furan rings is 1. The second kappa shape index (κ2) is 6.29. The quantitative estimate of drug-likeness (QED) is 0.541. The smallest absolute Gasteiger partial charge is 0.336 e. The highest BCUT2D eigenvalue weighted by molar-refractivity contribution is 7.90. The van der Waals surface area contributed by atoms with E-state index < -0.39 is 15.6 Å². The van der Waals surface area contributed by atoms with Crippen molar-refractivity contribution in [3.05, 3.63) is 34.9 Å². The molecule has 24 heavy (non-hydrogen) atoms. The third-order valence-corrected chi connectivity index (χ3v) is 5.26. The molecule has 0 saturated carbocycles. The van der Waals surface area contributed by atoms with Crippen LogP contribution in [-0.4, -0.2) is 22.1 Å². The first-order chi connectivity index (χ1) is 11.5. The van der Waals surface area contributed by atoms with E-state index in [4.69, 9.17) is 13.6 Å². The molecule has 0 spiro atoms. The standard InChI is InChI=1S/C16H17NO6S/c1-3-4-8-17-24(19,20)16-10-5-6-12(18)23-14(10)15(21-2)13-11(16)7-9-22-13/h5-7,9,17H,3-4,8H2,1-2H3. The number of sulfonamides is 1. The molecule has 0 amide bonds. The van der Waals surface area contributed by atoms with Crippen molar-refractivity contribution < 1.29 is 22.0 Å². The van der Waals surface area contributed by atoms with Crippen molar-refractivity contribution in [3.63, 3.8) is 0 Å². The van der Waals surface area contributed by atoms with Gasteiger partial charge in [0.05, 0.1) is 13.4 Å². The molecule has 1 aromatic carbocycles. The van der Waals surface area contributed by atoms with Crippen LogP contribution in [0.15, 0.2) is 43.0 Å². The minimum Gasteiger partial charge on any atom is -0.490 e. The molecular weight excluding hydrogens is 334 g/mol. The first kappa shape index (κ1) is 16.5. The molecular formula is C16H17NO6S. The van der Waals surface area contributed by atoms with Gasteiger partial charge in [-0.3, -0.25) is 0 Å². The molecule has 0 radical (unpaired) electrons. The molecule has 0 bridgehead atoms. The highest BCUT2D eigenvalue weighted by Crippen LogP contribution is 2.40. The van der Waals surface area contributed by atoms with Gasteiger partial charge in [0, 0.05) is 23.4 Å². The Hall–Kier alpha value is -2.32. The SMILES string of the molecule is CCCCNS(=O)(=O)c1c2ccoc2c(OC)c2oc(=O)ccc12. The van der Waals surface area contributed by atoms with Crippen molar-refractivity contribution in [1.29, 1.82) is 0 Å². The third-order valence-electron chi connectivity index (χ3n) is 3.70. The molecule has 0 saturated heterocycles. The summed E-state index contributed by atoms with van der Waals surface area (Å²) in [5.41, 5.74) is -0.340. The van der Waals surface area contributed by atoms with E-state index in [9.17, 15) is 13.2 Å². The molecule has 128 valence electrons. The lowest BCUT2D eigenvalue weighted by Crippen LogP contribution is -2.25. The van der Waals surface area contributed by atoms with Crippen LogP contribution in [0.2, 0.25) is 0 Å². The van der Waals surface area contributed by atoms with Crippen LogP contribution in [0.5, 0.6) is 5.75 Å². The van der Waals surface area contributed by atoms with Crippen LogP contribution in [0.25, 0.3) is 21.9 Å². The molecule has 0 aliphatic carbocycles. The molecule has 2 aromatic heterocycles. The number of unbranched alkanes of at least 4 members (excludes halogenated alkanes) is 1. The first-order valence-electron chi connectivity index (χ1n) is 7.50. The van der Waals surface area contributed by atoms with E-state index in [-0.39, 0.29) is 27.2 Å². The molecule has 0 aliphatic heterocycles. The van der Waals surface area contributed by atoms with Crippen molar-refractivity contribution in [1.82, 2.24) is 4.72 Å². The predicted molar refractivity (Wildman–Crippen MR) is 88.9 cm³/mol. The van der Waals surface area contributed by atoms with E-state index >= 15 is 0 Å². The summed E-state index contributed by atoms with van der Waals surface area (Å²) in [6, 6.07) is 4.15. The summed E-state index contributed by atoms with van der Waals surface area (Å²) >= 11 is 0. The number of hydrogen-bond acceptors (Lipinski definition) is 6. The van der Waals surface area contributed by atoms with Gasteiger partial charge in [0.2, 0.25) is 15.8 Å². The van der Waals surface area contributed by atoms with Gasteiger partial charge in [-0.25, -0.2) is 17.9 Å². The molecule has 0 aliphatic rings. The van der Waals surface area contributed by atoms with Gasteiger partial charge in [0.15, 0.2) is 11.2 Å². The highest BCUT2D eigenvalue weighted by Gasteiger charge is 2.27. The second-order valence-electron chi connectivity index (χ2n) is 5.27. The van der Waals surface area contributed by atoms with E-state index in [1.165, 1.54) is 25.5 Å². The van der Waals surface area contributed by atoms with Crippen LogP contribution in [-0.2, 0) is 10.0 Å². The molecule has 0 fully saturated rings. The highest BCUT2D eigenvalue weighted by atomic mass is 32.2. The van der Waals surface area contributed by atoms with Crippen molar-refractivity contribution >= 4 is 32.0 Å². The average molecular weight is 351 g/mol. The fourth-order valence-corrected chi connectivity index (χ4v) is 4.06. The van der Waals surface area contributed by atoms with Crippen molar-refractivity contribution in [2.75, 3.05) is 13.7 Å². The Kier molecular flexibility index (Phi) is 4.33. The maximum Gasteiger partial charge on any atom is 0.336 e. The van der Waals surface area contributed by atoms with Gasteiger partial charge in [0.25, 0.3) is 0 Å². The summed E-state index contributed by atoms with van der Waals surface area (Å²) < 4.78 is 44.0. The predicted octanol–water partition coefficient (Wildman–Crippen LogP) is 2.63. The first-order valence-corrected chi connectivity index (χ1v) is 8.98. The maximum absolute atomic E-state index is 12.8. The largest absolute Gasteiger partial charge is 0.490 e. The van der Waals surface area contributed by atoms with Crippen LogP contribution >= 0.6 is 0 Å². The van der Waals surface area contributed by atoms with Crippen LogP contribution < -0.4 is 15.1 Å². The van der Waals surface area contributed by atoms with Crippen molar-refractivity contribution in [2.24, 2.45) is 0 Å². The Morgan fingerprint density at radius 2 is 1.92 bits per heavy atom. The molecule has 2 heterocycles. The van der Waals surface area contributed by atoms with Crippen LogP contribution in [0.4, 0.5) is 0 Å². The van der Waals surface area contributed by atoms with E-state index in [1.54, 1.807) is 6.07 Å². The zero-order valence-electron chi connectivity index (χ0n) is 13.3. The summed E-state index contributed by atoms with van der Waals surface area (Å²) in [6.45, 7) is 2.29. The lowest BCUT2D eigenvalue weighted by Gasteiger charge is -2.12. The Bertz CT molecular complexity index is 1050. The molecule has 8 heteroatoms. The van der Waals surface area contributed by atoms with Crippen molar-refractivity contribution in [2.45, 2.75) is 24.7 Å². The lowest BCUT2D eigenvalue weighted by molar-refractivity contribution is 0.402. The van der Waals surface area contributed by atoms with Crippen molar-refractivity contribution in [3.8, 4) is 5.75 Å². The zero-order chi connectivity index (χ0) is 17.3. The van der Waals surface area contributed by atoms with Crippen LogP contribution in [0.3, 0.4) is 0 Å². The van der Waals surface area contributed by atoms with Gasteiger partial charge < -0.3 is 13.6 Å². The fourth-order valence-electron chi connectivity index (χ4n) is 2.61. The molecule has 7 nitrogen and oxygen atoms in total. The number of rotatable bonds is 6. The summed E-state index contributed by atoms with van der Waals surface area (Å²) in [5.74, 6) is 0.190. The van der Waals surface area contributed by atoms with Gasteiger partial charge in [-0.2, -0.15) is 0 Å². The zero-order valence-corrected chi connectivity index (χ0v) is 14.1. The number of methoxy groups -OCH3 is 1. The molecule has 0 unspecified atom stereocenters. The van der Waals surface area contributed by atoms with Crippen LogP contribution in [0, 0.1) is 0 Å².